The number of hydrogen-bond donors (Lipinski definition) is 2. The third-order valence-electron chi connectivity index (χ3n) is 1.96. The first-order valence-corrected chi connectivity index (χ1v) is 4.93. The van der Waals surface area contributed by atoms with Crippen LogP contribution in [0.25, 0.3) is 0 Å². The van der Waals surface area contributed by atoms with Crippen LogP contribution in [-0.2, 0) is 0 Å². The van der Waals surface area contributed by atoms with Gasteiger partial charge in [-0.05, 0) is 24.6 Å². The van der Waals surface area contributed by atoms with Crippen LogP contribution >= 0.6 is 0 Å². The number of carbonyl (C=O) groups excluding carboxylic acids is 1. The highest BCUT2D eigenvalue weighted by Crippen LogP contribution is 2.22. The molecule has 0 aromatic heterocycles. The van der Waals surface area contributed by atoms with Gasteiger partial charge in [0.25, 0.3) is 5.91 Å². The van der Waals surface area contributed by atoms with Crippen LogP contribution in [0.5, 0.6) is 5.75 Å². The fourth-order valence-electron chi connectivity index (χ4n) is 1.16. The molecule has 0 unspecified atom stereocenters. The van der Waals surface area contributed by atoms with Crippen molar-refractivity contribution in [3.63, 3.8) is 0 Å². The molecular weight excluding hydrogens is 192 g/mol. The van der Waals surface area contributed by atoms with Gasteiger partial charge < -0.3 is 15.8 Å². The minimum absolute atomic E-state index is 0.142. The van der Waals surface area contributed by atoms with E-state index in [1.54, 1.807) is 25.2 Å². The molecule has 0 saturated heterocycles. The Morgan fingerprint density at radius 1 is 1.53 bits per heavy atom. The average Bonchev–Trinajstić information content (AvgIpc) is 2.27. The molecule has 1 aromatic carbocycles. The Labute approximate surface area is 89.4 Å². The van der Waals surface area contributed by atoms with Crippen LogP contribution in [0.15, 0.2) is 18.2 Å². The van der Waals surface area contributed by atoms with E-state index in [-0.39, 0.29) is 5.91 Å². The standard InChI is InChI=1S/C11H16N2O2/c1-3-6-15-10-7-8(11(14)13-2)4-5-9(10)12/h4-5,7H,3,6,12H2,1-2H3,(H,13,14). The van der Waals surface area contributed by atoms with E-state index in [2.05, 4.69) is 5.32 Å². The first-order chi connectivity index (χ1) is 7.19. The van der Waals surface area contributed by atoms with Gasteiger partial charge >= 0.3 is 0 Å². The van der Waals surface area contributed by atoms with E-state index in [9.17, 15) is 4.79 Å². The van der Waals surface area contributed by atoms with Crippen LogP contribution in [0.1, 0.15) is 23.7 Å². The molecule has 1 aromatic rings. The highest BCUT2D eigenvalue weighted by molar-refractivity contribution is 5.95. The van der Waals surface area contributed by atoms with Crippen molar-refractivity contribution in [2.75, 3.05) is 19.4 Å². The minimum Gasteiger partial charge on any atom is -0.491 e. The maximum Gasteiger partial charge on any atom is 0.251 e. The number of nitrogens with two attached hydrogens (primary N) is 1. The van der Waals surface area contributed by atoms with E-state index < -0.39 is 0 Å². The van der Waals surface area contributed by atoms with E-state index in [0.29, 0.717) is 23.6 Å². The number of ether oxygens (including phenoxy) is 1. The number of carbonyl (C=O) groups is 1. The predicted molar refractivity (Wildman–Crippen MR) is 60.0 cm³/mol. The van der Waals surface area contributed by atoms with Gasteiger partial charge in [-0.2, -0.15) is 0 Å². The van der Waals surface area contributed by atoms with Crippen LogP contribution in [0.4, 0.5) is 5.69 Å². The first-order valence-electron chi connectivity index (χ1n) is 4.93. The molecule has 1 amide bonds. The van der Waals surface area contributed by atoms with Gasteiger partial charge in [0.1, 0.15) is 5.75 Å². The molecule has 0 aliphatic rings. The quantitative estimate of drug-likeness (QED) is 0.735. The zero-order valence-corrected chi connectivity index (χ0v) is 9.04. The molecule has 0 aliphatic carbocycles. The summed E-state index contributed by atoms with van der Waals surface area (Å²) in [6, 6.07) is 5.01. The molecule has 0 atom stereocenters. The lowest BCUT2D eigenvalue weighted by atomic mass is 10.2. The second-order valence-electron chi connectivity index (χ2n) is 3.18. The van der Waals surface area contributed by atoms with Crippen molar-refractivity contribution in [3.8, 4) is 5.75 Å². The highest BCUT2D eigenvalue weighted by atomic mass is 16.5. The lowest BCUT2D eigenvalue weighted by Crippen LogP contribution is -2.17. The van der Waals surface area contributed by atoms with E-state index >= 15 is 0 Å². The maximum atomic E-state index is 11.3. The molecular formula is C11H16N2O2. The normalized spacial score (nSPS) is 9.73. The molecule has 3 N–H and O–H groups in total. The largest absolute Gasteiger partial charge is 0.491 e. The summed E-state index contributed by atoms with van der Waals surface area (Å²) in [6.45, 7) is 2.61. The van der Waals surface area contributed by atoms with Crippen molar-refractivity contribution in [2.45, 2.75) is 13.3 Å². The van der Waals surface area contributed by atoms with Gasteiger partial charge in [0, 0.05) is 12.6 Å². The van der Waals surface area contributed by atoms with Crippen molar-refractivity contribution < 1.29 is 9.53 Å². The van der Waals surface area contributed by atoms with Crippen molar-refractivity contribution in [3.05, 3.63) is 23.8 Å². The number of benzene rings is 1. The fourth-order valence-corrected chi connectivity index (χ4v) is 1.16. The van der Waals surface area contributed by atoms with Gasteiger partial charge in [0.05, 0.1) is 12.3 Å². The summed E-state index contributed by atoms with van der Waals surface area (Å²) in [5, 5.41) is 2.55. The van der Waals surface area contributed by atoms with Gasteiger partial charge in [-0.3, -0.25) is 4.79 Å². The smallest absolute Gasteiger partial charge is 0.251 e. The Morgan fingerprint density at radius 2 is 2.27 bits per heavy atom. The number of hydrogen-bond acceptors (Lipinski definition) is 3. The monoisotopic (exact) mass is 208 g/mol. The lowest BCUT2D eigenvalue weighted by Gasteiger charge is -2.09. The summed E-state index contributed by atoms with van der Waals surface area (Å²) in [5.41, 5.74) is 6.82. The van der Waals surface area contributed by atoms with Crippen LogP contribution in [0.2, 0.25) is 0 Å². The summed E-state index contributed by atoms with van der Waals surface area (Å²) in [5.74, 6) is 0.425. The number of amides is 1. The molecule has 4 nitrogen and oxygen atoms in total. The Kier molecular flexibility index (Phi) is 3.97. The summed E-state index contributed by atoms with van der Waals surface area (Å²) >= 11 is 0. The van der Waals surface area contributed by atoms with Crippen molar-refractivity contribution in [1.29, 1.82) is 0 Å². The van der Waals surface area contributed by atoms with Crippen LogP contribution in [0, 0.1) is 0 Å². The van der Waals surface area contributed by atoms with Gasteiger partial charge in [-0.25, -0.2) is 0 Å². The third-order valence-corrected chi connectivity index (χ3v) is 1.96. The van der Waals surface area contributed by atoms with Gasteiger partial charge in [0.15, 0.2) is 0 Å². The summed E-state index contributed by atoms with van der Waals surface area (Å²) in [6.07, 6.45) is 0.906. The molecule has 0 radical (unpaired) electrons. The summed E-state index contributed by atoms with van der Waals surface area (Å²) in [7, 11) is 1.59. The average molecular weight is 208 g/mol. The zero-order valence-electron chi connectivity index (χ0n) is 9.04. The van der Waals surface area contributed by atoms with E-state index in [4.69, 9.17) is 10.5 Å². The van der Waals surface area contributed by atoms with Crippen molar-refractivity contribution in [2.24, 2.45) is 0 Å². The van der Waals surface area contributed by atoms with E-state index in [1.165, 1.54) is 0 Å². The number of anilines is 1. The minimum atomic E-state index is -0.142. The molecule has 0 bridgehead atoms. The predicted octanol–water partition coefficient (Wildman–Crippen LogP) is 1.42. The molecule has 82 valence electrons. The topological polar surface area (TPSA) is 64.3 Å². The second kappa shape index (κ2) is 5.24. The molecule has 1 rings (SSSR count). The van der Waals surface area contributed by atoms with Crippen LogP contribution in [0.3, 0.4) is 0 Å². The fraction of sp³-hybridized carbons (Fsp3) is 0.364. The Hall–Kier alpha value is -1.71. The van der Waals surface area contributed by atoms with Crippen molar-refractivity contribution >= 4 is 11.6 Å². The highest BCUT2D eigenvalue weighted by Gasteiger charge is 2.07. The molecule has 4 heteroatoms. The Balaban J connectivity index is 2.89. The van der Waals surface area contributed by atoms with Gasteiger partial charge in [0.2, 0.25) is 0 Å². The van der Waals surface area contributed by atoms with E-state index in [0.717, 1.165) is 6.42 Å². The van der Waals surface area contributed by atoms with Crippen LogP contribution < -0.4 is 15.8 Å². The molecule has 0 aliphatic heterocycles. The number of nitrogens with one attached hydrogen (secondary N) is 1. The number of rotatable bonds is 4. The Morgan fingerprint density at radius 3 is 2.87 bits per heavy atom. The summed E-state index contributed by atoms with van der Waals surface area (Å²) in [4.78, 5) is 11.3. The van der Waals surface area contributed by atoms with Crippen LogP contribution in [-0.4, -0.2) is 19.6 Å². The second-order valence-corrected chi connectivity index (χ2v) is 3.18. The molecule has 0 spiro atoms. The molecule has 15 heavy (non-hydrogen) atoms. The third kappa shape index (κ3) is 2.87. The van der Waals surface area contributed by atoms with Gasteiger partial charge in [-0.1, -0.05) is 6.92 Å². The van der Waals surface area contributed by atoms with E-state index in [1.807, 2.05) is 6.92 Å². The van der Waals surface area contributed by atoms with Gasteiger partial charge in [-0.15, -0.1) is 0 Å². The lowest BCUT2D eigenvalue weighted by molar-refractivity contribution is 0.0962. The van der Waals surface area contributed by atoms with Crippen molar-refractivity contribution in [1.82, 2.24) is 5.32 Å². The molecule has 0 heterocycles. The number of nitrogen functional groups attached to an aromatic ring is 1. The SMILES string of the molecule is CCCOc1cc(C(=O)NC)ccc1N. The summed E-state index contributed by atoms with van der Waals surface area (Å²) < 4.78 is 5.42. The molecule has 0 saturated carbocycles. The first kappa shape index (κ1) is 11.4. The molecule has 0 fully saturated rings. The zero-order chi connectivity index (χ0) is 11.3. The maximum absolute atomic E-state index is 11.3. The Bertz CT molecular complexity index is 350.